The first kappa shape index (κ1) is 18.1. The van der Waals surface area contributed by atoms with Crippen LogP contribution in [0.4, 0.5) is 0 Å². The topological polar surface area (TPSA) is 51.0 Å². The minimum Gasteiger partial charge on any atom is -0.342 e. The van der Waals surface area contributed by atoms with Crippen LogP contribution in [0.3, 0.4) is 0 Å². The molecule has 0 unspecified atom stereocenters. The first-order valence-corrected chi connectivity index (χ1v) is 8.93. The summed E-state index contributed by atoms with van der Waals surface area (Å²) >= 11 is 0. The van der Waals surface area contributed by atoms with E-state index in [1.807, 2.05) is 62.2 Å². The molecule has 0 atom stereocenters. The third kappa shape index (κ3) is 3.21. The Kier molecular flexibility index (Phi) is 4.57. The molecule has 26 heavy (non-hydrogen) atoms. The molecule has 3 rings (SSSR count). The molecule has 0 fully saturated rings. The summed E-state index contributed by atoms with van der Waals surface area (Å²) in [5, 5.41) is 5.36. The highest BCUT2D eigenvalue weighted by molar-refractivity contribution is 6.07. The number of hydrogen-bond acceptors (Lipinski definition) is 3. The highest BCUT2D eigenvalue weighted by Gasteiger charge is 2.19. The molecule has 2 heterocycles. The van der Waals surface area contributed by atoms with E-state index in [2.05, 4.69) is 25.9 Å². The fourth-order valence-corrected chi connectivity index (χ4v) is 2.89. The second-order valence-electron chi connectivity index (χ2n) is 7.69. The summed E-state index contributed by atoms with van der Waals surface area (Å²) in [4.78, 5) is 19.5. The lowest BCUT2D eigenvalue weighted by molar-refractivity contribution is 0.0804. The van der Waals surface area contributed by atoms with Gasteiger partial charge in [-0.1, -0.05) is 18.2 Å². The van der Waals surface area contributed by atoms with Crippen LogP contribution in [0.1, 0.15) is 43.6 Å². The van der Waals surface area contributed by atoms with Crippen molar-refractivity contribution in [3.8, 4) is 11.3 Å². The molecule has 0 saturated carbocycles. The zero-order chi connectivity index (χ0) is 19.1. The molecule has 0 saturated heterocycles. The van der Waals surface area contributed by atoms with Crippen LogP contribution in [0, 0.1) is 6.92 Å². The Labute approximate surface area is 154 Å². The van der Waals surface area contributed by atoms with Gasteiger partial charge in [0.2, 0.25) is 0 Å². The van der Waals surface area contributed by atoms with Crippen LogP contribution >= 0.6 is 0 Å². The van der Waals surface area contributed by atoms with Gasteiger partial charge in [0, 0.05) is 30.7 Å². The highest BCUT2D eigenvalue weighted by Crippen LogP contribution is 2.28. The van der Waals surface area contributed by atoms with Gasteiger partial charge < -0.3 is 4.90 Å². The Morgan fingerprint density at radius 1 is 1.27 bits per heavy atom. The molecule has 0 spiro atoms. The molecule has 0 N–H and O–H groups in total. The van der Waals surface area contributed by atoms with E-state index in [-0.39, 0.29) is 11.4 Å². The van der Waals surface area contributed by atoms with Crippen LogP contribution in [-0.4, -0.2) is 39.2 Å². The van der Waals surface area contributed by atoms with Crippen molar-refractivity contribution in [3.63, 3.8) is 0 Å². The van der Waals surface area contributed by atoms with Crippen molar-refractivity contribution >= 4 is 16.8 Å². The largest absolute Gasteiger partial charge is 0.342 e. The van der Waals surface area contributed by atoms with Crippen molar-refractivity contribution < 1.29 is 4.79 Å². The summed E-state index contributed by atoms with van der Waals surface area (Å²) in [5.74, 6) is 0.00923. The van der Waals surface area contributed by atoms with Gasteiger partial charge in [-0.3, -0.25) is 9.48 Å². The molecule has 0 aliphatic rings. The number of rotatable bonds is 3. The number of nitrogens with zero attached hydrogens (tertiary/aromatic N) is 4. The van der Waals surface area contributed by atoms with Gasteiger partial charge in [0.15, 0.2) is 0 Å². The Balaban J connectivity index is 2.23. The van der Waals surface area contributed by atoms with E-state index >= 15 is 0 Å². The van der Waals surface area contributed by atoms with Crippen LogP contribution in [0.2, 0.25) is 0 Å². The lowest BCUT2D eigenvalue weighted by Crippen LogP contribution is -2.26. The first-order chi connectivity index (χ1) is 12.2. The Bertz CT molecular complexity index is 966. The first-order valence-electron chi connectivity index (χ1n) is 8.93. The van der Waals surface area contributed by atoms with Gasteiger partial charge in [-0.25, -0.2) is 4.98 Å². The number of carbonyl (C=O) groups is 1. The number of carbonyl (C=O) groups excluding carboxylic acids is 1. The van der Waals surface area contributed by atoms with Crippen molar-refractivity contribution in [2.45, 2.75) is 40.2 Å². The quantitative estimate of drug-likeness (QED) is 0.709. The van der Waals surface area contributed by atoms with E-state index in [1.165, 1.54) is 0 Å². The summed E-state index contributed by atoms with van der Waals surface area (Å²) in [7, 11) is 1.82. The van der Waals surface area contributed by atoms with Gasteiger partial charge in [-0.05, 0) is 46.2 Å². The second-order valence-corrected chi connectivity index (χ2v) is 7.69. The van der Waals surface area contributed by atoms with Crippen LogP contribution in [0.25, 0.3) is 22.2 Å². The molecule has 2 aromatic heterocycles. The summed E-state index contributed by atoms with van der Waals surface area (Å²) in [6.07, 6.45) is 3.81. The second kappa shape index (κ2) is 6.56. The fourth-order valence-electron chi connectivity index (χ4n) is 2.89. The predicted octanol–water partition coefficient (Wildman–Crippen LogP) is 4.25. The van der Waals surface area contributed by atoms with Crippen LogP contribution < -0.4 is 0 Å². The number of pyridine rings is 1. The van der Waals surface area contributed by atoms with Crippen molar-refractivity contribution in [1.29, 1.82) is 0 Å². The number of benzene rings is 1. The Morgan fingerprint density at radius 2 is 2.00 bits per heavy atom. The smallest absolute Gasteiger partial charge is 0.254 e. The average Bonchev–Trinajstić information content (AvgIpc) is 3.10. The molecule has 0 bridgehead atoms. The predicted molar refractivity (Wildman–Crippen MR) is 105 cm³/mol. The van der Waals surface area contributed by atoms with E-state index in [4.69, 9.17) is 4.98 Å². The van der Waals surface area contributed by atoms with Gasteiger partial charge in [0.05, 0.1) is 28.5 Å². The maximum atomic E-state index is 12.9. The number of amides is 1. The van der Waals surface area contributed by atoms with Crippen molar-refractivity contribution in [3.05, 3.63) is 47.8 Å². The number of aryl methyl sites for hydroxylation is 1. The van der Waals surface area contributed by atoms with E-state index in [0.717, 1.165) is 27.7 Å². The minimum atomic E-state index is -0.105. The van der Waals surface area contributed by atoms with Gasteiger partial charge >= 0.3 is 0 Å². The standard InChI is InChI=1S/C21H26N4O/c1-7-24(6)20(26)17-11-18(15-12-22-25(13-15)21(3,4)5)23-19-14(2)9-8-10-16(17)19/h8-13H,7H2,1-6H3. The summed E-state index contributed by atoms with van der Waals surface area (Å²) in [6.45, 7) is 11.0. The molecular weight excluding hydrogens is 324 g/mol. The number of hydrogen-bond donors (Lipinski definition) is 0. The maximum Gasteiger partial charge on any atom is 0.254 e. The SMILES string of the molecule is CCN(C)C(=O)c1cc(-c2cnn(C(C)(C)C)c2)nc2c(C)cccc12. The molecular formula is C21H26N4O. The monoisotopic (exact) mass is 350 g/mol. The Morgan fingerprint density at radius 3 is 2.62 bits per heavy atom. The van der Waals surface area contributed by atoms with Crippen molar-refractivity contribution in [2.24, 2.45) is 0 Å². The highest BCUT2D eigenvalue weighted by atomic mass is 16.2. The molecule has 0 aliphatic heterocycles. The van der Waals surface area contributed by atoms with Crippen molar-refractivity contribution in [1.82, 2.24) is 19.7 Å². The molecule has 5 heteroatoms. The minimum absolute atomic E-state index is 0.00923. The average molecular weight is 350 g/mol. The molecule has 5 nitrogen and oxygen atoms in total. The van der Waals surface area contributed by atoms with E-state index in [9.17, 15) is 4.79 Å². The molecule has 136 valence electrons. The van der Waals surface area contributed by atoms with E-state index in [1.54, 1.807) is 4.90 Å². The molecule has 1 amide bonds. The molecule has 0 aliphatic carbocycles. The summed E-state index contributed by atoms with van der Waals surface area (Å²) in [6, 6.07) is 7.85. The Hall–Kier alpha value is -2.69. The summed E-state index contributed by atoms with van der Waals surface area (Å²) < 4.78 is 1.92. The van der Waals surface area contributed by atoms with Gasteiger partial charge in [-0.15, -0.1) is 0 Å². The van der Waals surface area contributed by atoms with E-state index < -0.39 is 0 Å². The van der Waals surface area contributed by atoms with Gasteiger partial charge in [0.25, 0.3) is 5.91 Å². The van der Waals surface area contributed by atoms with E-state index in [0.29, 0.717) is 12.1 Å². The van der Waals surface area contributed by atoms with Gasteiger partial charge in [0.1, 0.15) is 0 Å². The van der Waals surface area contributed by atoms with Gasteiger partial charge in [-0.2, -0.15) is 5.10 Å². The number of fused-ring (bicyclic) bond motifs is 1. The molecule has 0 radical (unpaired) electrons. The third-order valence-corrected chi connectivity index (χ3v) is 4.66. The maximum absolute atomic E-state index is 12.9. The lowest BCUT2D eigenvalue weighted by Gasteiger charge is -2.19. The van der Waals surface area contributed by atoms with Crippen molar-refractivity contribution in [2.75, 3.05) is 13.6 Å². The molecule has 3 aromatic rings. The third-order valence-electron chi connectivity index (χ3n) is 4.66. The summed E-state index contributed by atoms with van der Waals surface area (Å²) in [5.41, 5.74) is 4.18. The number of para-hydroxylation sites is 1. The normalized spacial score (nSPS) is 11.8. The van der Waals surface area contributed by atoms with Crippen LogP contribution in [-0.2, 0) is 5.54 Å². The fraction of sp³-hybridized carbons (Fsp3) is 0.381. The zero-order valence-electron chi connectivity index (χ0n) is 16.4. The number of aromatic nitrogens is 3. The van der Waals surface area contributed by atoms with Crippen LogP contribution in [0.15, 0.2) is 36.7 Å². The zero-order valence-corrected chi connectivity index (χ0v) is 16.4. The van der Waals surface area contributed by atoms with Crippen LogP contribution in [0.5, 0.6) is 0 Å². The lowest BCUT2D eigenvalue weighted by atomic mass is 10.0. The molecule has 1 aromatic carbocycles.